The predicted octanol–water partition coefficient (Wildman–Crippen LogP) is 6.85. The summed E-state index contributed by atoms with van der Waals surface area (Å²) in [6, 6.07) is 12.4. The lowest BCUT2D eigenvalue weighted by atomic mass is 10.1. The first-order valence-corrected chi connectivity index (χ1v) is 12.4. The van der Waals surface area contributed by atoms with Crippen molar-refractivity contribution in [3.05, 3.63) is 94.9 Å². The zero-order chi connectivity index (χ0) is 27.0. The Morgan fingerprint density at radius 2 is 1.65 bits per heavy atom. The highest BCUT2D eigenvalue weighted by Crippen LogP contribution is 2.36. The smallest absolute Gasteiger partial charge is 0.280 e. The molecule has 4 rings (SSSR count). The van der Waals surface area contributed by atoms with Crippen LogP contribution >= 0.6 is 45.2 Å². The summed E-state index contributed by atoms with van der Waals surface area (Å²) in [4.78, 5) is 13.1. The lowest BCUT2D eigenvalue weighted by Crippen LogP contribution is -2.25. The Kier molecular flexibility index (Phi) is 7.83. The number of amides is 1. The first kappa shape index (κ1) is 27.0. The van der Waals surface area contributed by atoms with Crippen LogP contribution in [0.3, 0.4) is 0 Å². The van der Waals surface area contributed by atoms with Crippen LogP contribution in [-0.4, -0.2) is 11.6 Å². The highest BCUT2D eigenvalue weighted by molar-refractivity contribution is 14.1. The van der Waals surface area contributed by atoms with Crippen LogP contribution in [0.25, 0.3) is 6.08 Å². The summed E-state index contributed by atoms with van der Waals surface area (Å²) in [6.45, 7) is 1.40. The molecule has 1 aliphatic rings. The molecule has 0 spiro atoms. The molecule has 0 atom stereocenters. The van der Waals surface area contributed by atoms with Crippen LogP contribution in [0.4, 0.5) is 27.6 Å². The van der Waals surface area contributed by atoms with E-state index in [0.29, 0.717) is 26.0 Å². The number of hydrazone groups is 1. The minimum atomic E-state index is -2.34. The summed E-state index contributed by atoms with van der Waals surface area (Å²) in [7, 11) is 0. The number of nitriles is 1. The van der Waals surface area contributed by atoms with E-state index in [0.717, 1.165) is 3.57 Å². The van der Waals surface area contributed by atoms with Gasteiger partial charge >= 0.3 is 0 Å². The van der Waals surface area contributed by atoms with Crippen molar-refractivity contribution in [3.8, 4) is 11.8 Å². The number of carbonyl (C=O) groups is 1. The molecule has 12 heteroatoms. The third-order valence-electron chi connectivity index (χ3n) is 5.31. The van der Waals surface area contributed by atoms with Gasteiger partial charge in [-0.15, -0.1) is 0 Å². The Morgan fingerprint density at radius 1 is 1.03 bits per heavy atom. The SMILES string of the molecule is CC1=NN(c2c(F)c(F)c(F)c(F)c2F)C(=O)/C1=C\c1cc(I)cc(I)c1OCc1ccccc1C#N. The number of rotatable bonds is 5. The van der Waals surface area contributed by atoms with E-state index < -0.39 is 40.7 Å². The van der Waals surface area contributed by atoms with Crippen molar-refractivity contribution in [2.45, 2.75) is 13.5 Å². The quantitative estimate of drug-likeness (QED) is 0.0948. The van der Waals surface area contributed by atoms with E-state index >= 15 is 0 Å². The first-order chi connectivity index (χ1) is 17.5. The van der Waals surface area contributed by atoms with Crippen molar-refractivity contribution < 1.29 is 31.5 Å². The summed E-state index contributed by atoms with van der Waals surface area (Å²) in [5.74, 6) is -11.8. The van der Waals surface area contributed by atoms with Crippen molar-refractivity contribution >= 4 is 68.6 Å². The van der Waals surface area contributed by atoms with Gasteiger partial charge in [0.05, 0.1) is 26.5 Å². The third kappa shape index (κ3) is 5.06. The lowest BCUT2D eigenvalue weighted by molar-refractivity contribution is -0.114. The third-order valence-corrected chi connectivity index (χ3v) is 6.73. The first-order valence-electron chi connectivity index (χ1n) is 10.3. The lowest BCUT2D eigenvalue weighted by Gasteiger charge is -2.15. The standard InChI is InChI=1S/C25H12F5I2N3O2/c1-11-16(25(36)35(34-11)23-21(29)19(27)18(26)20(28)22(23)30)7-14-6-15(31)8-17(32)24(14)37-10-13-5-3-2-4-12(13)9-33/h2-8H,10H2,1H3/b16-7-. The molecule has 0 saturated heterocycles. The zero-order valence-electron chi connectivity index (χ0n) is 18.6. The van der Waals surface area contributed by atoms with Gasteiger partial charge in [0.25, 0.3) is 5.91 Å². The normalized spacial score (nSPS) is 14.2. The van der Waals surface area contributed by atoms with E-state index in [1.54, 1.807) is 30.3 Å². The zero-order valence-corrected chi connectivity index (χ0v) is 22.9. The van der Waals surface area contributed by atoms with Crippen LogP contribution in [0.2, 0.25) is 0 Å². The maximum absolute atomic E-state index is 14.4. The molecule has 0 aromatic heterocycles. The number of carbonyl (C=O) groups excluding carboxylic acids is 1. The van der Waals surface area contributed by atoms with E-state index in [4.69, 9.17) is 4.74 Å². The predicted molar refractivity (Wildman–Crippen MR) is 142 cm³/mol. The minimum absolute atomic E-state index is 0.0106. The molecule has 1 amide bonds. The van der Waals surface area contributed by atoms with Gasteiger partial charge in [0.2, 0.25) is 5.82 Å². The number of hydrogen-bond donors (Lipinski definition) is 0. The number of halogens is 7. The summed E-state index contributed by atoms with van der Waals surface area (Å²) < 4.78 is 77.1. The molecule has 5 nitrogen and oxygen atoms in total. The van der Waals surface area contributed by atoms with E-state index in [1.807, 2.05) is 28.7 Å². The maximum Gasteiger partial charge on any atom is 0.280 e. The van der Waals surface area contributed by atoms with Gasteiger partial charge in [-0.05, 0) is 76.4 Å². The summed E-state index contributed by atoms with van der Waals surface area (Å²) >= 11 is 4.09. The molecule has 0 bridgehead atoms. The van der Waals surface area contributed by atoms with Crippen LogP contribution in [0.15, 0.2) is 47.1 Å². The van der Waals surface area contributed by atoms with E-state index in [-0.39, 0.29) is 22.9 Å². The fraction of sp³-hybridized carbons (Fsp3) is 0.0800. The average Bonchev–Trinajstić information content (AvgIpc) is 3.14. The average molecular weight is 735 g/mol. The number of anilines is 1. The van der Waals surface area contributed by atoms with Gasteiger partial charge in [-0.3, -0.25) is 4.79 Å². The van der Waals surface area contributed by atoms with Crippen LogP contribution < -0.4 is 9.75 Å². The molecule has 0 N–H and O–H groups in total. The molecule has 0 saturated carbocycles. The Hall–Kier alpha value is -3.06. The van der Waals surface area contributed by atoms with Gasteiger partial charge < -0.3 is 4.74 Å². The second kappa shape index (κ2) is 10.7. The van der Waals surface area contributed by atoms with Gasteiger partial charge in [-0.2, -0.15) is 15.4 Å². The van der Waals surface area contributed by atoms with Crippen LogP contribution in [0, 0.1) is 47.6 Å². The fourth-order valence-electron chi connectivity index (χ4n) is 3.52. The Labute approximate surface area is 234 Å². The Balaban J connectivity index is 1.75. The molecule has 3 aromatic carbocycles. The van der Waals surface area contributed by atoms with Crippen molar-refractivity contribution in [2.75, 3.05) is 5.01 Å². The molecule has 0 aliphatic carbocycles. The monoisotopic (exact) mass is 735 g/mol. The topological polar surface area (TPSA) is 65.7 Å². The number of nitrogens with zero attached hydrogens (tertiary/aromatic N) is 3. The molecular formula is C25H12F5I2N3O2. The fourth-order valence-corrected chi connectivity index (χ4v) is 5.56. The van der Waals surface area contributed by atoms with Gasteiger partial charge in [0.1, 0.15) is 18.0 Å². The van der Waals surface area contributed by atoms with Crippen LogP contribution in [-0.2, 0) is 11.4 Å². The second-order valence-corrected chi connectivity index (χ2v) is 10.1. The van der Waals surface area contributed by atoms with Crippen molar-refractivity contribution in [3.63, 3.8) is 0 Å². The van der Waals surface area contributed by atoms with Crippen molar-refractivity contribution in [2.24, 2.45) is 5.10 Å². The second-order valence-electron chi connectivity index (χ2n) is 7.64. The Morgan fingerprint density at radius 3 is 2.30 bits per heavy atom. The van der Waals surface area contributed by atoms with Gasteiger partial charge in [-0.25, -0.2) is 22.0 Å². The van der Waals surface area contributed by atoms with Gasteiger partial charge in [0.15, 0.2) is 23.3 Å². The number of benzene rings is 3. The Bertz CT molecular complexity index is 1540. The largest absolute Gasteiger partial charge is 0.487 e. The molecule has 37 heavy (non-hydrogen) atoms. The maximum atomic E-state index is 14.4. The van der Waals surface area contributed by atoms with Crippen molar-refractivity contribution in [1.29, 1.82) is 5.26 Å². The number of ether oxygens (including phenoxy) is 1. The summed E-state index contributed by atoms with van der Waals surface area (Å²) in [6.07, 6.45) is 1.36. The van der Waals surface area contributed by atoms with Crippen molar-refractivity contribution in [1.82, 2.24) is 0 Å². The van der Waals surface area contributed by atoms with Crippen LogP contribution in [0.1, 0.15) is 23.6 Å². The molecule has 188 valence electrons. The molecule has 3 aromatic rings. The highest BCUT2D eigenvalue weighted by Gasteiger charge is 2.37. The van der Waals surface area contributed by atoms with E-state index in [2.05, 4.69) is 33.8 Å². The van der Waals surface area contributed by atoms with E-state index in [9.17, 15) is 32.0 Å². The van der Waals surface area contributed by atoms with Gasteiger partial charge in [-0.1, -0.05) is 18.2 Å². The van der Waals surface area contributed by atoms with Gasteiger partial charge in [0, 0.05) is 14.7 Å². The molecule has 1 aliphatic heterocycles. The molecule has 0 radical (unpaired) electrons. The molecule has 0 fully saturated rings. The van der Waals surface area contributed by atoms with Crippen LogP contribution in [0.5, 0.6) is 5.75 Å². The molecule has 1 heterocycles. The minimum Gasteiger partial charge on any atom is -0.487 e. The molecule has 0 unspecified atom stereocenters. The summed E-state index contributed by atoms with van der Waals surface area (Å²) in [5, 5.41) is 13.2. The summed E-state index contributed by atoms with van der Waals surface area (Å²) in [5.41, 5.74) is -0.151. The number of hydrogen-bond acceptors (Lipinski definition) is 4. The van der Waals surface area contributed by atoms with E-state index in [1.165, 1.54) is 13.0 Å². The highest BCUT2D eigenvalue weighted by atomic mass is 127. The molecular weight excluding hydrogens is 723 g/mol.